The third kappa shape index (κ3) is 4.67. The normalized spacial score (nSPS) is 11.1. The van der Waals surface area contributed by atoms with E-state index < -0.39 is 0 Å². The molecule has 0 aliphatic carbocycles. The molecule has 0 atom stereocenters. The number of benzene rings is 2. The van der Waals surface area contributed by atoms with Crippen molar-refractivity contribution >= 4 is 12.2 Å². The second-order valence-corrected chi connectivity index (χ2v) is 5.27. The van der Waals surface area contributed by atoms with E-state index in [1.165, 1.54) is 12.8 Å². The molecule has 0 spiro atoms. The van der Waals surface area contributed by atoms with Gasteiger partial charge < -0.3 is 10.2 Å². The molecule has 0 aliphatic rings. The molecule has 0 amide bonds. The van der Waals surface area contributed by atoms with Crippen LogP contribution < -0.4 is 0 Å². The molecule has 0 radical (unpaired) electrons. The molecule has 2 aromatic rings. The van der Waals surface area contributed by atoms with Gasteiger partial charge in [0.2, 0.25) is 0 Å². The van der Waals surface area contributed by atoms with E-state index >= 15 is 0 Å². The van der Waals surface area contributed by atoms with E-state index in [4.69, 9.17) is 0 Å². The lowest BCUT2D eigenvalue weighted by atomic mass is 10.0. The average molecular weight is 282 g/mol. The van der Waals surface area contributed by atoms with E-state index in [9.17, 15) is 10.2 Å². The van der Waals surface area contributed by atoms with Gasteiger partial charge in [0.05, 0.1) is 0 Å². The molecule has 110 valence electrons. The molecule has 0 saturated heterocycles. The highest BCUT2D eigenvalue weighted by atomic mass is 16.3. The zero-order valence-corrected chi connectivity index (χ0v) is 12.4. The number of phenols is 2. The molecule has 0 heterocycles. The summed E-state index contributed by atoms with van der Waals surface area (Å²) in [5.74, 6) is 0.655. The van der Waals surface area contributed by atoms with Crippen LogP contribution in [-0.2, 0) is 6.42 Å². The Morgan fingerprint density at radius 3 is 2.24 bits per heavy atom. The second kappa shape index (κ2) is 7.53. The van der Waals surface area contributed by atoms with Gasteiger partial charge in [-0.05, 0) is 53.8 Å². The lowest BCUT2D eigenvalue weighted by Gasteiger charge is -2.05. The largest absolute Gasteiger partial charge is 0.508 e. The van der Waals surface area contributed by atoms with Gasteiger partial charge in [-0.1, -0.05) is 50.1 Å². The zero-order valence-electron chi connectivity index (χ0n) is 12.4. The van der Waals surface area contributed by atoms with Gasteiger partial charge in [-0.2, -0.15) is 0 Å². The van der Waals surface area contributed by atoms with E-state index in [2.05, 4.69) is 6.92 Å². The van der Waals surface area contributed by atoms with Crippen molar-refractivity contribution in [3.63, 3.8) is 0 Å². The fourth-order valence-corrected chi connectivity index (χ4v) is 2.25. The lowest BCUT2D eigenvalue weighted by molar-refractivity contribution is 0.466. The fraction of sp³-hybridized carbons (Fsp3) is 0.263. The molecule has 2 heteroatoms. The molecule has 0 unspecified atom stereocenters. The Labute approximate surface area is 126 Å². The number of phenolic OH excluding ortho intramolecular Hbond substituents is 2. The molecule has 21 heavy (non-hydrogen) atoms. The molecule has 2 nitrogen and oxygen atoms in total. The standard InChI is InChI=1S/C19H22O2/c1-2-3-4-5-17-14-16(10-13-19(17)21)7-6-15-8-11-18(20)12-9-15/h6-14,20-21H,2-5H2,1H3/b7-6+. The van der Waals surface area contributed by atoms with Crippen molar-refractivity contribution in [1.82, 2.24) is 0 Å². The van der Waals surface area contributed by atoms with Crippen molar-refractivity contribution in [1.29, 1.82) is 0 Å². The van der Waals surface area contributed by atoms with Gasteiger partial charge >= 0.3 is 0 Å². The van der Waals surface area contributed by atoms with Gasteiger partial charge in [0.15, 0.2) is 0 Å². The van der Waals surface area contributed by atoms with Crippen LogP contribution in [-0.4, -0.2) is 10.2 Å². The van der Waals surface area contributed by atoms with Gasteiger partial charge in [-0.15, -0.1) is 0 Å². The first-order valence-corrected chi connectivity index (χ1v) is 7.48. The number of hydrogen-bond donors (Lipinski definition) is 2. The monoisotopic (exact) mass is 282 g/mol. The molecular formula is C19H22O2. The number of rotatable bonds is 6. The number of aryl methyl sites for hydroxylation is 1. The Hall–Kier alpha value is -2.22. The molecule has 2 aromatic carbocycles. The van der Waals surface area contributed by atoms with Crippen LogP contribution >= 0.6 is 0 Å². The molecule has 2 N–H and O–H groups in total. The van der Waals surface area contributed by atoms with E-state index in [0.717, 1.165) is 29.5 Å². The van der Waals surface area contributed by atoms with Crippen LogP contribution in [0.15, 0.2) is 42.5 Å². The molecule has 0 bridgehead atoms. The molecule has 0 aromatic heterocycles. The summed E-state index contributed by atoms with van der Waals surface area (Å²) in [5.41, 5.74) is 3.12. The highest BCUT2D eigenvalue weighted by Gasteiger charge is 2.01. The summed E-state index contributed by atoms with van der Waals surface area (Å²) in [7, 11) is 0. The minimum absolute atomic E-state index is 0.273. The van der Waals surface area contributed by atoms with Crippen molar-refractivity contribution < 1.29 is 10.2 Å². The van der Waals surface area contributed by atoms with E-state index in [0.29, 0.717) is 5.75 Å². The zero-order chi connectivity index (χ0) is 15.1. The van der Waals surface area contributed by atoms with Crippen LogP contribution in [0.2, 0.25) is 0 Å². The molecule has 2 rings (SSSR count). The van der Waals surface area contributed by atoms with Crippen molar-refractivity contribution in [2.75, 3.05) is 0 Å². The maximum absolute atomic E-state index is 9.90. The Morgan fingerprint density at radius 2 is 1.52 bits per heavy atom. The number of hydrogen-bond acceptors (Lipinski definition) is 2. The summed E-state index contributed by atoms with van der Waals surface area (Å²) in [4.78, 5) is 0. The van der Waals surface area contributed by atoms with Gasteiger partial charge in [0.25, 0.3) is 0 Å². The third-order valence-electron chi connectivity index (χ3n) is 3.51. The highest BCUT2D eigenvalue weighted by Crippen LogP contribution is 2.22. The van der Waals surface area contributed by atoms with Crippen molar-refractivity contribution in [3.8, 4) is 11.5 Å². The van der Waals surface area contributed by atoms with Gasteiger partial charge in [0.1, 0.15) is 11.5 Å². The Bertz CT molecular complexity index is 597. The first-order valence-electron chi connectivity index (χ1n) is 7.48. The van der Waals surface area contributed by atoms with E-state index in [1.807, 2.05) is 36.4 Å². The van der Waals surface area contributed by atoms with Crippen LogP contribution in [0.3, 0.4) is 0 Å². The minimum Gasteiger partial charge on any atom is -0.508 e. The SMILES string of the molecule is CCCCCc1cc(/C=C/c2ccc(O)cc2)ccc1O. The number of aromatic hydroxyl groups is 2. The van der Waals surface area contributed by atoms with Crippen molar-refractivity contribution in [2.24, 2.45) is 0 Å². The minimum atomic E-state index is 0.273. The predicted octanol–water partition coefficient (Wildman–Crippen LogP) is 5.00. The summed E-state index contributed by atoms with van der Waals surface area (Å²) in [5, 5.41) is 19.2. The van der Waals surface area contributed by atoms with E-state index in [1.54, 1.807) is 18.2 Å². The summed E-state index contributed by atoms with van der Waals surface area (Å²) in [6, 6.07) is 12.8. The molecule has 0 fully saturated rings. The number of unbranched alkanes of at least 4 members (excludes halogenated alkanes) is 2. The first-order chi connectivity index (χ1) is 10.2. The predicted molar refractivity (Wildman–Crippen MR) is 88.4 cm³/mol. The summed E-state index contributed by atoms with van der Waals surface area (Å²) in [6.45, 7) is 2.18. The summed E-state index contributed by atoms with van der Waals surface area (Å²) in [6.07, 6.45) is 8.42. The van der Waals surface area contributed by atoms with Crippen molar-refractivity contribution in [3.05, 3.63) is 59.2 Å². The topological polar surface area (TPSA) is 40.5 Å². The third-order valence-corrected chi connectivity index (χ3v) is 3.51. The Balaban J connectivity index is 2.09. The van der Waals surface area contributed by atoms with Crippen molar-refractivity contribution in [2.45, 2.75) is 32.6 Å². The van der Waals surface area contributed by atoms with Gasteiger partial charge in [-0.25, -0.2) is 0 Å². The maximum Gasteiger partial charge on any atom is 0.118 e. The van der Waals surface area contributed by atoms with Crippen LogP contribution in [0.1, 0.15) is 42.9 Å². The average Bonchev–Trinajstić information content (AvgIpc) is 2.49. The summed E-state index contributed by atoms with van der Waals surface area (Å²) < 4.78 is 0. The second-order valence-electron chi connectivity index (χ2n) is 5.27. The van der Waals surface area contributed by atoms with Crippen LogP contribution in [0.5, 0.6) is 11.5 Å². The maximum atomic E-state index is 9.90. The van der Waals surface area contributed by atoms with Crippen LogP contribution in [0.25, 0.3) is 12.2 Å². The fourth-order valence-electron chi connectivity index (χ4n) is 2.25. The quantitative estimate of drug-likeness (QED) is 0.578. The molecule has 0 aliphatic heterocycles. The lowest BCUT2D eigenvalue weighted by Crippen LogP contribution is -1.87. The van der Waals surface area contributed by atoms with Crippen LogP contribution in [0.4, 0.5) is 0 Å². The smallest absolute Gasteiger partial charge is 0.118 e. The Morgan fingerprint density at radius 1 is 0.857 bits per heavy atom. The molecule has 0 saturated carbocycles. The van der Waals surface area contributed by atoms with Crippen LogP contribution in [0, 0.1) is 0 Å². The Kier molecular flexibility index (Phi) is 5.44. The van der Waals surface area contributed by atoms with Gasteiger partial charge in [0, 0.05) is 0 Å². The van der Waals surface area contributed by atoms with Gasteiger partial charge in [-0.3, -0.25) is 0 Å². The molecular weight excluding hydrogens is 260 g/mol. The summed E-state index contributed by atoms with van der Waals surface area (Å²) >= 11 is 0. The first kappa shape index (κ1) is 15.2. The van der Waals surface area contributed by atoms with E-state index in [-0.39, 0.29) is 5.75 Å². The highest BCUT2D eigenvalue weighted by molar-refractivity contribution is 5.70.